The molecular weight excluding hydrogens is 365 g/mol. The molecule has 0 spiro atoms. The first-order valence-corrected chi connectivity index (χ1v) is 7.31. The van der Waals surface area contributed by atoms with Crippen LogP contribution in [0, 0.1) is 3.57 Å². The van der Waals surface area contributed by atoms with Crippen LogP contribution < -0.4 is 0 Å². The van der Waals surface area contributed by atoms with Crippen LogP contribution in [0.3, 0.4) is 0 Å². The van der Waals surface area contributed by atoms with Gasteiger partial charge in [-0.3, -0.25) is 4.79 Å². The molecular formula is C13H15ClINO2. The van der Waals surface area contributed by atoms with Gasteiger partial charge in [0.1, 0.15) is 0 Å². The minimum Gasteiger partial charge on any atom is -0.390 e. The fraction of sp³-hybridized carbons (Fsp3) is 0.462. The van der Waals surface area contributed by atoms with Crippen molar-refractivity contribution < 1.29 is 9.90 Å². The molecule has 1 N–H and O–H groups in total. The molecule has 1 heterocycles. The van der Waals surface area contributed by atoms with Crippen molar-refractivity contribution in [3.05, 3.63) is 32.4 Å². The molecule has 0 aromatic heterocycles. The van der Waals surface area contributed by atoms with E-state index in [0.29, 0.717) is 36.5 Å². The van der Waals surface area contributed by atoms with Gasteiger partial charge in [-0.1, -0.05) is 11.6 Å². The summed E-state index contributed by atoms with van der Waals surface area (Å²) in [5.41, 5.74) is 0.00258. The smallest absolute Gasteiger partial charge is 0.254 e. The van der Waals surface area contributed by atoms with Crippen LogP contribution >= 0.6 is 34.2 Å². The van der Waals surface area contributed by atoms with E-state index >= 15 is 0 Å². The number of benzene rings is 1. The summed E-state index contributed by atoms with van der Waals surface area (Å²) < 4.78 is 0.902. The number of likely N-dealkylation sites (tertiary alicyclic amines) is 1. The number of carbonyl (C=O) groups excluding carboxylic acids is 1. The molecule has 0 unspecified atom stereocenters. The number of hydrogen-bond acceptors (Lipinski definition) is 2. The van der Waals surface area contributed by atoms with E-state index in [2.05, 4.69) is 22.6 Å². The lowest BCUT2D eigenvalue weighted by Gasteiger charge is -2.36. The number of carbonyl (C=O) groups is 1. The summed E-state index contributed by atoms with van der Waals surface area (Å²) in [5.74, 6) is -0.00241. The summed E-state index contributed by atoms with van der Waals surface area (Å²) in [6.07, 6.45) is 1.24. The predicted molar refractivity (Wildman–Crippen MR) is 79.9 cm³/mol. The zero-order valence-electron chi connectivity index (χ0n) is 10.1. The van der Waals surface area contributed by atoms with Crippen LogP contribution in [0.25, 0.3) is 0 Å². The lowest BCUT2D eigenvalue weighted by Crippen LogP contribution is -2.45. The third-order valence-electron chi connectivity index (χ3n) is 3.29. The number of amides is 1. The highest BCUT2D eigenvalue weighted by molar-refractivity contribution is 14.1. The van der Waals surface area contributed by atoms with Crippen molar-refractivity contribution in [2.45, 2.75) is 25.4 Å². The Balaban J connectivity index is 2.15. The van der Waals surface area contributed by atoms with Crippen LogP contribution in [0.15, 0.2) is 18.2 Å². The van der Waals surface area contributed by atoms with Gasteiger partial charge < -0.3 is 10.0 Å². The highest BCUT2D eigenvalue weighted by Crippen LogP contribution is 2.25. The van der Waals surface area contributed by atoms with Crippen molar-refractivity contribution in [1.29, 1.82) is 0 Å². The van der Waals surface area contributed by atoms with Gasteiger partial charge in [-0.2, -0.15) is 0 Å². The van der Waals surface area contributed by atoms with Crippen LogP contribution in [0.4, 0.5) is 0 Å². The Morgan fingerprint density at radius 1 is 1.44 bits per heavy atom. The van der Waals surface area contributed by atoms with Gasteiger partial charge in [0.05, 0.1) is 11.2 Å². The van der Waals surface area contributed by atoms with Crippen molar-refractivity contribution in [2.75, 3.05) is 13.1 Å². The van der Waals surface area contributed by atoms with Gasteiger partial charge in [0, 0.05) is 21.7 Å². The number of nitrogens with zero attached hydrogens (tertiary/aromatic N) is 1. The molecule has 2 rings (SSSR count). The Morgan fingerprint density at radius 3 is 2.67 bits per heavy atom. The summed E-state index contributed by atoms with van der Waals surface area (Å²) in [4.78, 5) is 14.1. The van der Waals surface area contributed by atoms with Gasteiger partial charge in [-0.05, 0) is 60.6 Å². The van der Waals surface area contributed by atoms with E-state index in [0.717, 1.165) is 3.57 Å². The molecule has 3 nitrogen and oxygen atoms in total. The summed E-state index contributed by atoms with van der Waals surface area (Å²) in [6.45, 7) is 3.00. The van der Waals surface area contributed by atoms with E-state index in [1.807, 2.05) is 13.0 Å². The van der Waals surface area contributed by atoms with E-state index < -0.39 is 5.60 Å². The van der Waals surface area contributed by atoms with E-state index in [1.165, 1.54) is 0 Å². The minimum atomic E-state index is -0.641. The Morgan fingerprint density at radius 2 is 2.06 bits per heavy atom. The molecule has 1 aromatic rings. The van der Waals surface area contributed by atoms with Crippen LogP contribution in [0.2, 0.25) is 5.02 Å². The Labute approximate surface area is 125 Å². The highest BCUT2D eigenvalue weighted by Gasteiger charge is 2.30. The maximum absolute atomic E-state index is 12.4. The standard InChI is InChI=1S/C13H15ClINO2/c1-13(18)4-6-16(7-5-13)12(17)10-8-9(14)2-3-11(10)15/h2-3,8,18H,4-7H2,1H3. The monoisotopic (exact) mass is 379 g/mol. The molecule has 5 heteroatoms. The SMILES string of the molecule is CC1(O)CCN(C(=O)c2cc(Cl)ccc2I)CC1. The number of hydrogen-bond donors (Lipinski definition) is 1. The molecule has 0 bridgehead atoms. The molecule has 1 fully saturated rings. The molecule has 1 amide bonds. The Bertz CT molecular complexity index is 466. The second kappa shape index (κ2) is 5.35. The third-order valence-corrected chi connectivity index (χ3v) is 4.46. The summed E-state index contributed by atoms with van der Waals surface area (Å²) in [7, 11) is 0. The van der Waals surface area contributed by atoms with Gasteiger partial charge in [0.25, 0.3) is 5.91 Å². The van der Waals surface area contributed by atoms with Crippen molar-refractivity contribution in [2.24, 2.45) is 0 Å². The van der Waals surface area contributed by atoms with E-state index in [9.17, 15) is 9.90 Å². The van der Waals surface area contributed by atoms with Gasteiger partial charge >= 0.3 is 0 Å². The summed E-state index contributed by atoms with van der Waals surface area (Å²) in [5, 5.41) is 10.5. The average Bonchev–Trinajstić information content (AvgIpc) is 2.31. The van der Waals surface area contributed by atoms with Crippen molar-refractivity contribution in [3.8, 4) is 0 Å². The van der Waals surface area contributed by atoms with Gasteiger partial charge in [-0.25, -0.2) is 0 Å². The molecule has 1 aromatic carbocycles. The molecule has 0 saturated carbocycles. The molecule has 98 valence electrons. The molecule has 1 aliphatic heterocycles. The van der Waals surface area contributed by atoms with Gasteiger partial charge in [-0.15, -0.1) is 0 Å². The topological polar surface area (TPSA) is 40.5 Å². The third kappa shape index (κ3) is 3.16. The molecule has 18 heavy (non-hydrogen) atoms. The normalized spacial score (nSPS) is 18.8. The number of aliphatic hydroxyl groups is 1. The molecule has 0 aliphatic carbocycles. The van der Waals surface area contributed by atoms with Crippen LogP contribution in [-0.4, -0.2) is 34.6 Å². The van der Waals surface area contributed by atoms with E-state index in [1.54, 1.807) is 17.0 Å². The Kier molecular flexibility index (Phi) is 4.18. The highest BCUT2D eigenvalue weighted by atomic mass is 127. The molecule has 1 aliphatic rings. The number of rotatable bonds is 1. The zero-order chi connectivity index (χ0) is 13.3. The number of piperidine rings is 1. The lowest BCUT2D eigenvalue weighted by atomic mass is 9.93. The van der Waals surface area contributed by atoms with Crippen molar-refractivity contribution in [1.82, 2.24) is 4.90 Å². The van der Waals surface area contributed by atoms with Crippen LogP contribution in [-0.2, 0) is 0 Å². The zero-order valence-corrected chi connectivity index (χ0v) is 13.0. The second-order valence-electron chi connectivity index (χ2n) is 4.91. The lowest BCUT2D eigenvalue weighted by molar-refractivity contribution is -0.00205. The number of halogens is 2. The van der Waals surface area contributed by atoms with Crippen LogP contribution in [0.5, 0.6) is 0 Å². The quantitative estimate of drug-likeness (QED) is 0.762. The fourth-order valence-electron chi connectivity index (χ4n) is 2.02. The minimum absolute atomic E-state index is 0.00241. The molecule has 0 atom stereocenters. The summed E-state index contributed by atoms with van der Waals surface area (Å²) >= 11 is 8.07. The maximum Gasteiger partial charge on any atom is 0.254 e. The van der Waals surface area contributed by atoms with Crippen molar-refractivity contribution in [3.63, 3.8) is 0 Å². The molecule has 1 saturated heterocycles. The molecule has 0 radical (unpaired) electrons. The fourth-order valence-corrected chi connectivity index (χ4v) is 2.76. The average molecular weight is 380 g/mol. The second-order valence-corrected chi connectivity index (χ2v) is 6.51. The van der Waals surface area contributed by atoms with Gasteiger partial charge in [0.2, 0.25) is 0 Å². The predicted octanol–water partition coefficient (Wildman–Crippen LogP) is 2.93. The first kappa shape index (κ1) is 14.1. The summed E-state index contributed by atoms with van der Waals surface area (Å²) in [6, 6.07) is 5.33. The first-order valence-electron chi connectivity index (χ1n) is 5.86. The van der Waals surface area contributed by atoms with E-state index in [4.69, 9.17) is 11.6 Å². The van der Waals surface area contributed by atoms with Gasteiger partial charge in [0.15, 0.2) is 0 Å². The first-order chi connectivity index (χ1) is 8.39. The largest absolute Gasteiger partial charge is 0.390 e. The van der Waals surface area contributed by atoms with Crippen LogP contribution in [0.1, 0.15) is 30.1 Å². The van der Waals surface area contributed by atoms with E-state index in [-0.39, 0.29) is 5.91 Å². The van der Waals surface area contributed by atoms with Crippen molar-refractivity contribution >= 4 is 40.1 Å². The maximum atomic E-state index is 12.4. The Hall–Kier alpha value is -0.330.